The van der Waals surface area contributed by atoms with Gasteiger partial charge in [-0.3, -0.25) is 4.79 Å². The number of carbonyl (C=O) groups excluding carboxylic acids is 1. The maximum absolute atomic E-state index is 11.8. The molecule has 1 aliphatic heterocycles. The van der Waals surface area contributed by atoms with Gasteiger partial charge in [0.1, 0.15) is 17.9 Å². The lowest BCUT2D eigenvalue weighted by molar-refractivity contribution is -0.126. The van der Waals surface area contributed by atoms with Gasteiger partial charge in [-0.1, -0.05) is 24.2 Å². The van der Waals surface area contributed by atoms with Crippen molar-refractivity contribution < 1.29 is 4.79 Å². The molecule has 1 aromatic carbocycles. The number of hydrogen-bond acceptors (Lipinski definition) is 6. The van der Waals surface area contributed by atoms with Crippen LogP contribution < -0.4 is 4.90 Å². The van der Waals surface area contributed by atoms with Gasteiger partial charge in [-0.25, -0.2) is 9.97 Å². The number of rotatable bonds is 2. The highest BCUT2D eigenvalue weighted by molar-refractivity contribution is 6.36. The summed E-state index contributed by atoms with van der Waals surface area (Å²) in [5.41, 5.74) is 0.537. The Kier molecular flexibility index (Phi) is 4.51. The molecule has 0 bridgehead atoms. The molecule has 0 spiro atoms. The first-order chi connectivity index (χ1) is 12.1. The first-order valence-electron chi connectivity index (χ1n) is 7.53. The standard InChI is InChI=1S/C17H13ClN6O/c1-2-15(25)23-6-7-24(11(8-19)10-23)17-16-12(18)4-3-5-13(16)21-14(9-20)22-17/h2-5,11H,1,6-7,10H2. The molecule has 0 N–H and O–H groups in total. The highest BCUT2D eigenvalue weighted by Gasteiger charge is 2.31. The third kappa shape index (κ3) is 2.98. The summed E-state index contributed by atoms with van der Waals surface area (Å²) in [5, 5.41) is 19.8. The van der Waals surface area contributed by atoms with Gasteiger partial charge < -0.3 is 9.80 Å². The van der Waals surface area contributed by atoms with E-state index < -0.39 is 6.04 Å². The van der Waals surface area contributed by atoms with Crippen molar-refractivity contribution in [3.8, 4) is 12.1 Å². The molecule has 1 aromatic heterocycles. The number of nitriles is 2. The van der Waals surface area contributed by atoms with Crippen LogP contribution in [0.4, 0.5) is 5.82 Å². The molecule has 1 atom stereocenters. The Morgan fingerprint density at radius 1 is 1.36 bits per heavy atom. The van der Waals surface area contributed by atoms with E-state index in [1.807, 2.05) is 6.07 Å². The number of anilines is 1. The third-order valence-corrected chi connectivity index (χ3v) is 4.36. The van der Waals surface area contributed by atoms with E-state index in [0.29, 0.717) is 34.8 Å². The van der Waals surface area contributed by atoms with E-state index in [2.05, 4.69) is 22.6 Å². The van der Waals surface area contributed by atoms with E-state index in [4.69, 9.17) is 11.6 Å². The van der Waals surface area contributed by atoms with Gasteiger partial charge >= 0.3 is 0 Å². The number of aromatic nitrogens is 2. The average molecular weight is 353 g/mol. The van der Waals surface area contributed by atoms with Crippen molar-refractivity contribution in [2.75, 3.05) is 24.5 Å². The summed E-state index contributed by atoms with van der Waals surface area (Å²) in [4.78, 5) is 23.6. The second-order valence-electron chi connectivity index (χ2n) is 5.44. The van der Waals surface area contributed by atoms with Crippen molar-refractivity contribution in [2.45, 2.75) is 6.04 Å². The van der Waals surface area contributed by atoms with E-state index in [9.17, 15) is 15.3 Å². The Hall–Kier alpha value is -3.16. The lowest BCUT2D eigenvalue weighted by atomic mass is 10.1. The van der Waals surface area contributed by atoms with Crippen LogP contribution in [0.1, 0.15) is 5.82 Å². The Labute approximate surface area is 149 Å². The van der Waals surface area contributed by atoms with E-state index in [0.717, 1.165) is 0 Å². The van der Waals surface area contributed by atoms with Gasteiger partial charge in [-0.2, -0.15) is 10.5 Å². The zero-order chi connectivity index (χ0) is 18.0. The van der Waals surface area contributed by atoms with E-state index >= 15 is 0 Å². The van der Waals surface area contributed by atoms with Gasteiger partial charge in [0.15, 0.2) is 0 Å². The van der Waals surface area contributed by atoms with Crippen LogP contribution in [0.3, 0.4) is 0 Å². The van der Waals surface area contributed by atoms with E-state index in [-0.39, 0.29) is 18.3 Å². The van der Waals surface area contributed by atoms with Crippen molar-refractivity contribution in [3.63, 3.8) is 0 Å². The first kappa shape index (κ1) is 16.7. The highest BCUT2D eigenvalue weighted by atomic mass is 35.5. The maximum Gasteiger partial charge on any atom is 0.246 e. The molecule has 0 radical (unpaired) electrons. The predicted molar refractivity (Wildman–Crippen MR) is 92.8 cm³/mol. The fourth-order valence-corrected chi connectivity index (χ4v) is 3.11. The topological polar surface area (TPSA) is 96.9 Å². The maximum atomic E-state index is 11.8. The molecule has 7 nitrogen and oxygen atoms in total. The number of carbonyl (C=O) groups is 1. The minimum atomic E-state index is -0.612. The molecule has 8 heteroatoms. The summed E-state index contributed by atoms with van der Waals surface area (Å²) in [6.45, 7) is 4.51. The van der Waals surface area contributed by atoms with Crippen molar-refractivity contribution in [2.24, 2.45) is 0 Å². The van der Waals surface area contributed by atoms with Crippen molar-refractivity contribution in [1.29, 1.82) is 10.5 Å². The summed E-state index contributed by atoms with van der Waals surface area (Å²) >= 11 is 6.32. The molecule has 1 aliphatic rings. The molecule has 25 heavy (non-hydrogen) atoms. The number of hydrogen-bond donors (Lipinski definition) is 0. The number of piperazine rings is 1. The molecule has 0 aliphatic carbocycles. The fraction of sp³-hybridized carbons (Fsp3) is 0.235. The van der Waals surface area contributed by atoms with Crippen molar-refractivity contribution in [1.82, 2.24) is 14.9 Å². The predicted octanol–water partition coefficient (Wildman–Crippen LogP) is 1.88. The molecule has 0 saturated carbocycles. The van der Waals surface area contributed by atoms with Crippen LogP contribution >= 0.6 is 11.6 Å². The molecule has 1 unspecified atom stereocenters. The van der Waals surface area contributed by atoms with Gasteiger partial charge in [0, 0.05) is 13.1 Å². The van der Waals surface area contributed by atoms with Gasteiger partial charge in [-0.05, 0) is 18.2 Å². The van der Waals surface area contributed by atoms with Gasteiger partial charge in [0.25, 0.3) is 0 Å². The molecule has 1 amide bonds. The summed E-state index contributed by atoms with van der Waals surface area (Å²) < 4.78 is 0. The molecule has 1 saturated heterocycles. The number of benzene rings is 1. The highest BCUT2D eigenvalue weighted by Crippen LogP contribution is 2.32. The lowest BCUT2D eigenvalue weighted by Gasteiger charge is -2.38. The van der Waals surface area contributed by atoms with Crippen LogP contribution in [0.15, 0.2) is 30.9 Å². The monoisotopic (exact) mass is 352 g/mol. The summed E-state index contributed by atoms with van der Waals surface area (Å²) in [7, 11) is 0. The van der Waals surface area contributed by atoms with Crippen LogP contribution in [-0.4, -0.2) is 46.5 Å². The van der Waals surface area contributed by atoms with Crippen LogP contribution in [0.2, 0.25) is 5.02 Å². The zero-order valence-corrected chi connectivity index (χ0v) is 13.9. The van der Waals surface area contributed by atoms with E-state index in [1.165, 1.54) is 6.08 Å². The van der Waals surface area contributed by atoms with Gasteiger partial charge in [-0.15, -0.1) is 0 Å². The van der Waals surface area contributed by atoms with Gasteiger partial charge in [0.05, 0.1) is 28.5 Å². The van der Waals surface area contributed by atoms with Crippen molar-refractivity contribution in [3.05, 3.63) is 41.7 Å². The number of nitrogens with zero attached hydrogens (tertiary/aromatic N) is 6. The molecule has 3 rings (SSSR count). The largest absolute Gasteiger partial charge is 0.337 e. The summed E-state index contributed by atoms with van der Waals surface area (Å²) in [6, 6.07) is 8.71. The molecule has 2 aromatic rings. The molecule has 2 heterocycles. The molecular formula is C17H13ClN6O. The fourth-order valence-electron chi connectivity index (χ4n) is 2.86. The van der Waals surface area contributed by atoms with Crippen molar-refractivity contribution >= 4 is 34.2 Å². The molecular weight excluding hydrogens is 340 g/mol. The summed E-state index contributed by atoms with van der Waals surface area (Å²) in [5.74, 6) is 0.221. The minimum Gasteiger partial charge on any atom is -0.337 e. The van der Waals surface area contributed by atoms with E-state index in [1.54, 1.807) is 28.0 Å². The number of amides is 1. The Morgan fingerprint density at radius 2 is 2.16 bits per heavy atom. The quantitative estimate of drug-likeness (QED) is 0.765. The van der Waals surface area contributed by atoms with Crippen LogP contribution in [0.25, 0.3) is 10.9 Å². The minimum absolute atomic E-state index is 0.00561. The van der Waals surface area contributed by atoms with Gasteiger partial charge in [0.2, 0.25) is 11.7 Å². The SMILES string of the molecule is C=CC(=O)N1CCN(c2nc(C#N)nc3cccc(Cl)c23)C(C#N)C1. The normalized spacial score (nSPS) is 17.0. The van der Waals surface area contributed by atoms with Crippen LogP contribution in [-0.2, 0) is 4.79 Å². The Morgan fingerprint density at radius 3 is 2.84 bits per heavy atom. The lowest BCUT2D eigenvalue weighted by Crippen LogP contribution is -2.54. The molecule has 1 fully saturated rings. The zero-order valence-electron chi connectivity index (χ0n) is 13.2. The Bertz CT molecular complexity index is 945. The molecule has 124 valence electrons. The second-order valence-corrected chi connectivity index (χ2v) is 5.85. The number of fused-ring (bicyclic) bond motifs is 1. The number of halogens is 1. The van der Waals surface area contributed by atoms with Crippen LogP contribution in [0.5, 0.6) is 0 Å². The van der Waals surface area contributed by atoms with Crippen LogP contribution in [0, 0.1) is 22.7 Å². The smallest absolute Gasteiger partial charge is 0.246 e. The Balaban J connectivity index is 2.10. The average Bonchev–Trinajstić information content (AvgIpc) is 2.66. The second kappa shape index (κ2) is 6.76. The summed E-state index contributed by atoms with van der Waals surface area (Å²) in [6.07, 6.45) is 1.23. The first-order valence-corrected chi connectivity index (χ1v) is 7.90. The third-order valence-electron chi connectivity index (χ3n) is 4.04.